The van der Waals surface area contributed by atoms with E-state index in [0.29, 0.717) is 35.4 Å². The number of ether oxygens (including phenoxy) is 1. The number of carboxylic acid groups (broad SMARTS) is 1. The first-order chi connectivity index (χ1) is 13.1. The Bertz CT molecular complexity index is 811. The molecule has 4 fully saturated rings. The van der Waals surface area contributed by atoms with Crippen molar-refractivity contribution in [3.63, 3.8) is 0 Å². The molecule has 5 nitrogen and oxygen atoms in total. The van der Waals surface area contributed by atoms with Gasteiger partial charge >= 0.3 is 5.97 Å². The third-order valence-corrected chi connectivity index (χ3v) is 7.65. The molecule has 7 heteroatoms. The van der Waals surface area contributed by atoms with E-state index < -0.39 is 17.0 Å². The minimum atomic E-state index is -1.22. The molecule has 152 valence electrons. The van der Waals surface area contributed by atoms with Crippen molar-refractivity contribution in [2.45, 2.75) is 57.6 Å². The highest BCUT2D eigenvalue weighted by Crippen LogP contribution is 2.60. The first-order valence-corrected chi connectivity index (χ1v) is 10.6. The van der Waals surface area contributed by atoms with Gasteiger partial charge in [0.25, 0.3) is 5.91 Å². The molecular formula is C21H25Cl2NO4. The normalized spacial score (nSPS) is 33.6. The third kappa shape index (κ3) is 3.17. The van der Waals surface area contributed by atoms with Crippen LogP contribution in [0.3, 0.4) is 0 Å². The summed E-state index contributed by atoms with van der Waals surface area (Å²) in [5.41, 5.74) is -2.07. The lowest BCUT2D eigenvalue weighted by atomic mass is 9.47. The minimum Gasteiger partial charge on any atom is -0.481 e. The smallest absolute Gasteiger partial charge is 0.311 e. The van der Waals surface area contributed by atoms with E-state index in [1.54, 1.807) is 32.0 Å². The summed E-state index contributed by atoms with van der Waals surface area (Å²) in [6.07, 6.45) is 4.44. The number of aliphatic carboxylic acids is 1. The predicted octanol–water partition coefficient (Wildman–Crippen LogP) is 4.55. The van der Waals surface area contributed by atoms with E-state index in [1.807, 2.05) is 0 Å². The van der Waals surface area contributed by atoms with Crippen LogP contribution in [0, 0.1) is 23.2 Å². The minimum absolute atomic E-state index is 0.219. The zero-order chi connectivity index (χ0) is 20.3. The van der Waals surface area contributed by atoms with Crippen molar-refractivity contribution in [1.29, 1.82) is 0 Å². The first-order valence-electron chi connectivity index (χ1n) is 9.80. The third-order valence-electron chi connectivity index (χ3n) is 6.85. The van der Waals surface area contributed by atoms with Crippen molar-refractivity contribution in [2.24, 2.45) is 23.2 Å². The van der Waals surface area contributed by atoms with Gasteiger partial charge in [-0.1, -0.05) is 29.3 Å². The lowest BCUT2D eigenvalue weighted by Gasteiger charge is -2.59. The number of carbonyl (C=O) groups excluding carboxylic acids is 1. The molecule has 0 saturated heterocycles. The fraction of sp³-hybridized carbons (Fsp3) is 0.619. The molecule has 3 unspecified atom stereocenters. The highest BCUT2D eigenvalue weighted by atomic mass is 35.5. The number of halogens is 2. The Morgan fingerprint density at radius 3 is 2.43 bits per heavy atom. The van der Waals surface area contributed by atoms with Crippen LogP contribution in [-0.2, 0) is 9.59 Å². The average molecular weight is 426 g/mol. The lowest BCUT2D eigenvalue weighted by molar-refractivity contribution is -0.172. The number of rotatable bonds is 5. The van der Waals surface area contributed by atoms with Crippen molar-refractivity contribution in [1.82, 2.24) is 5.32 Å². The van der Waals surface area contributed by atoms with Gasteiger partial charge in [0, 0.05) is 6.04 Å². The van der Waals surface area contributed by atoms with Gasteiger partial charge in [0.15, 0.2) is 5.60 Å². The van der Waals surface area contributed by atoms with E-state index in [4.69, 9.17) is 27.9 Å². The fourth-order valence-corrected chi connectivity index (χ4v) is 6.13. The maximum Gasteiger partial charge on any atom is 0.311 e. The lowest BCUT2D eigenvalue weighted by Crippen LogP contribution is -2.66. The van der Waals surface area contributed by atoms with Gasteiger partial charge in [0.1, 0.15) is 10.8 Å². The first kappa shape index (κ1) is 19.8. The molecule has 1 amide bonds. The van der Waals surface area contributed by atoms with Gasteiger partial charge in [0.2, 0.25) is 0 Å². The van der Waals surface area contributed by atoms with Crippen molar-refractivity contribution < 1.29 is 19.4 Å². The number of amides is 1. The van der Waals surface area contributed by atoms with E-state index in [1.165, 1.54) is 0 Å². The number of benzene rings is 1. The molecule has 3 atom stereocenters. The maximum atomic E-state index is 13.1. The quantitative estimate of drug-likeness (QED) is 0.725. The van der Waals surface area contributed by atoms with Gasteiger partial charge in [-0.05, 0) is 75.8 Å². The molecule has 0 aliphatic heterocycles. The standard InChI is InChI=1S/C21H25Cl2NO4/c1-20(2,28-15-5-3-4-14(22)16(15)23)18(25)24-17-13-7-11-6-12(8-13)10-21(17,9-11)19(26)27/h3-5,11-13,17H,6-10H2,1-2H3,(H,24,25)(H,26,27). The van der Waals surface area contributed by atoms with E-state index in [9.17, 15) is 14.7 Å². The summed E-state index contributed by atoms with van der Waals surface area (Å²) in [5, 5.41) is 13.7. The number of hydrogen-bond acceptors (Lipinski definition) is 3. The molecule has 4 aliphatic rings. The summed E-state index contributed by atoms with van der Waals surface area (Å²) < 4.78 is 5.89. The molecule has 4 bridgehead atoms. The van der Waals surface area contributed by atoms with Gasteiger partial charge in [0.05, 0.1) is 10.4 Å². The summed E-state index contributed by atoms with van der Waals surface area (Å²) >= 11 is 12.2. The summed E-state index contributed by atoms with van der Waals surface area (Å²) in [7, 11) is 0. The van der Waals surface area contributed by atoms with Crippen LogP contribution in [0.15, 0.2) is 18.2 Å². The topological polar surface area (TPSA) is 75.6 Å². The summed E-state index contributed by atoms with van der Waals surface area (Å²) in [6.45, 7) is 3.31. The molecule has 4 aliphatic carbocycles. The zero-order valence-corrected chi connectivity index (χ0v) is 17.5. The highest BCUT2D eigenvalue weighted by molar-refractivity contribution is 6.42. The van der Waals surface area contributed by atoms with Crippen LogP contribution in [-0.4, -0.2) is 28.6 Å². The van der Waals surface area contributed by atoms with E-state index in [2.05, 4.69) is 5.32 Å². The van der Waals surface area contributed by atoms with Crippen LogP contribution in [0.4, 0.5) is 0 Å². The van der Waals surface area contributed by atoms with Crippen LogP contribution >= 0.6 is 23.2 Å². The molecule has 0 radical (unpaired) electrons. The van der Waals surface area contributed by atoms with Gasteiger partial charge in [-0.2, -0.15) is 0 Å². The van der Waals surface area contributed by atoms with Crippen LogP contribution in [0.5, 0.6) is 5.75 Å². The van der Waals surface area contributed by atoms with Crippen LogP contribution in [0.1, 0.15) is 46.0 Å². The Balaban J connectivity index is 1.55. The highest BCUT2D eigenvalue weighted by Gasteiger charge is 2.61. The molecular weight excluding hydrogens is 401 g/mol. The van der Waals surface area contributed by atoms with Crippen molar-refractivity contribution in [3.8, 4) is 5.75 Å². The molecule has 1 aromatic carbocycles. The summed E-state index contributed by atoms with van der Waals surface area (Å²) in [5.74, 6) is 0.368. The van der Waals surface area contributed by atoms with Gasteiger partial charge in [-0.3, -0.25) is 9.59 Å². The second-order valence-corrected chi connectivity index (χ2v) is 9.97. The monoisotopic (exact) mass is 425 g/mol. The van der Waals surface area contributed by atoms with Crippen LogP contribution < -0.4 is 10.1 Å². The molecule has 0 aromatic heterocycles. The maximum absolute atomic E-state index is 13.1. The van der Waals surface area contributed by atoms with Gasteiger partial charge < -0.3 is 15.2 Å². The molecule has 1 aromatic rings. The molecule has 4 saturated carbocycles. The van der Waals surface area contributed by atoms with E-state index >= 15 is 0 Å². The summed E-state index contributed by atoms with van der Waals surface area (Å²) in [6, 6.07) is 4.65. The number of carboxylic acids is 1. The number of hydrogen-bond donors (Lipinski definition) is 2. The second-order valence-electron chi connectivity index (χ2n) is 9.18. The molecule has 0 spiro atoms. The van der Waals surface area contributed by atoms with Crippen molar-refractivity contribution in [2.75, 3.05) is 0 Å². The van der Waals surface area contributed by atoms with Crippen LogP contribution in [0.25, 0.3) is 0 Å². The SMILES string of the molecule is CC(C)(Oc1cccc(Cl)c1Cl)C(=O)NC1C2CC3CC(C2)CC1(C(=O)O)C3. The van der Waals surface area contributed by atoms with Crippen molar-refractivity contribution >= 4 is 35.1 Å². The average Bonchev–Trinajstić information content (AvgIpc) is 2.61. The largest absolute Gasteiger partial charge is 0.481 e. The molecule has 28 heavy (non-hydrogen) atoms. The van der Waals surface area contributed by atoms with Gasteiger partial charge in [-0.15, -0.1) is 0 Å². The van der Waals surface area contributed by atoms with Crippen LogP contribution in [0.2, 0.25) is 10.0 Å². The second kappa shape index (κ2) is 6.81. The Morgan fingerprint density at radius 2 is 1.82 bits per heavy atom. The van der Waals surface area contributed by atoms with E-state index in [0.717, 1.165) is 19.3 Å². The van der Waals surface area contributed by atoms with E-state index in [-0.39, 0.29) is 22.9 Å². The fourth-order valence-electron chi connectivity index (χ4n) is 5.80. The van der Waals surface area contributed by atoms with Gasteiger partial charge in [-0.25, -0.2) is 0 Å². The van der Waals surface area contributed by atoms with Crippen molar-refractivity contribution in [3.05, 3.63) is 28.2 Å². The Hall–Kier alpha value is -1.46. The number of carbonyl (C=O) groups is 2. The Kier molecular flexibility index (Phi) is 4.82. The molecule has 2 N–H and O–H groups in total. The summed E-state index contributed by atoms with van der Waals surface area (Å²) in [4.78, 5) is 25.4. The zero-order valence-electron chi connectivity index (χ0n) is 16.0. The molecule has 0 heterocycles. The Labute approximate surface area is 174 Å². The molecule has 5 rings (SSSR count). The Morgan fingerprint density at radius 1 is 1.18 bits per heavy atom. The number of nitrogens with one attached hydrogen (secondary N) is 1. The predicted molar refractivity (Wildman–Crippen MR) is 107 cm³/mol.